The van der Waals surface area contributed by atoms with Gasteiger partial charge in [0, 0.05) is 22.3 Å². The molecule has 0 fully saturated rings. The Labute approximate surface area is 162 Å². The van der Waals surface area contributed by atoms with Crippen molar-refractivity contribution < 1.29 is 13.2 Å². The molecular formula is C14H11BrCl2N4O3S. The van der Waals surface area contributed by atoms with Gasteiger partial charge < -0.3 is 4.74 Å². The van der Waals surface area contributed by atoms with E-state index in [1.54, 1.807) is 30.5 Å². The summed E-state index contributed by atoms with van der Waals surface area (Å²) < 4.78 is 33.0. The van der Waals surface area contributed by atoms with Gasteiger partial charge in [0.05, 0.1) is 16.3 Å². The van der Waals surface area contributed by atoms with E-state index >= 15 is 0 Å². The SMILES string of the molecule is CS(=O)(=O)Nc1nnc2cc(COc3ccc(Cl)c(Cl)c3)c(Br)cn12. The maximum atomic E-state index is 11.4. The second-order valence-corrected chi connectivity index (χ2v) is 8.55. The fourth-order valence-electron chi connectivity index (χ4n) is 2.02. The molecule has 0 amide bonds. The summed E-state index contributed by atoms with van der Waals surface area (Å²) in [5, 5.41) is 8.64. The van der Waals surface area contributed by atoms with Crippen LogP contribution in [0, 0.1) is 0 Å². The summed E-state index contributed by atoms with van der Waals surface area (Å²) >= 11 is 15.3. The van der Waals surface area contributed by atoms with E-state index in [-0.39, 0.29) is 12.6 Å². The first-order valence-electron chi connectivity index (χ1n) is 6.82. The third-order valence-electron chi connectivity index (χ3n) is 3.14. The van der Waals surface area contributed by atoms with Crippen LogP contribution in [-0.2, 0) is 16.6 Å². The molecule has 0 bridgehead atoms. The van der Waals surface area contributed by atoms with Crippen LogP contribution in [0.1, 0.15) is 5.56 Å². The van der Waals surface area contributed by atoms with Crippen LogP contribution < -0.4 is 9.46 Å². The van der Waals surface area contributed by atoms with Gasteiger partial charge in [-0.05, 0) is 34.1 Å². The largest absolute Gasteiger partial charge is 0.489 e. The molecule has 0 saturated carbocycles. The summed E-state index contributed by atoms with van der Waals surface area (Å²) in [6.07, 6.45) is 2.71. The number of benzene rings is 1. The Kier molecular flexibility index (Phi) is 5.10. The molecule has 0 atom stereocenters. The highest BCUT2D eigenvalue weighted by atomic mass is 79.9. The second-order valence-electron chi connectivity index (χ2n) is 5.14. The topological polar surface area (TPSA) is 85.6 Å². The van der Waals surface area contributed by atoms with Gasteiger partial charge in [-0.15, -0.1) is 10.2 Å². The van der Waals surface area contributed by atoms with Crippen LogP contribution in [0.5, 0.6) is 5.75 Å². The molecule has 7 nitrogen and oxygen atoms in total. The van der Waals surface area contributed by atoms with E-state index in [0.29, 0.717) is 25.9 Å². The van der Waals surface area contributed by atoms with E-state index < -0.39 is 10.0 Å². The molecule has 0 aliphatic rings. The molecule has 0 spiro atoms. The highest BCUT2D eigenvalue weighted by molar-refractivity contribution is 9.10. The molecule has 1 N–H and O–H groups in total. The lowest BCUT2D eigenvalue weighted by atomic mass is 10.3. The summed E-state index contributed by atoms with van der Waals surface area (Å²) in [5.41, 5.74) is 1.28. The Hall–Kier alpha value is -1.55. The van der Waals surface area contributed by atoms with Crippen LogP contribution in [0.25, 0.3) is 5.65 Å². The van der Waals surface area contributed by atoms with Gasteiger partial charge in [-0.25, -0.2) is 8.42 Å². The van der Waals surface area contributed by atoms with Crippen LogP contribution >= 0.6 is 39.1 Å². The van der Waals surface area contributed by atoms with E-state index in [9.17, 15) is 8.42 Å². The number of fused-ring (bicyclic) bond motifs is 1. The van der Waals surface area contributed by atoms with Gasteiger partial charge >= 0.3 is 0 Å². The van der Waals surface area contributed by atoms with Crippen molar-refractivity contribution in [1.29, 1.82) is 0 Å². The van der Waals surface area contributed by atoms with E-state index in [1.807, 2.05) is 0 Å². The Balaban J connectivity index is 1.85. The standard InChI is InChI=1S/C14H11BrCl2N4O3S/c1-25(22,23)20-14-19-18-13-4-8(10(15)6-21(13)14)7-24-9-2-3-11(16)12(17)5-9/h2-6H,7H2,1H3,(H,19,20). The lowest BCUT2D eigenvalue weighted by molar-refractivity contribution is 0.305. The highest BCUT2D eigenvalue weighted by Crippen LogP contribution is 2.28. The van der Waals surface area contributed by atoms with Crippen molar-refractivity contribution in [2.24, 2.45) is 0 Å². The van der Waals surface area contributed by atoms with E-state index in [1.165, 1.54) is 4.40 Å². The maximum Gasteiger partial charge on any atom is 0.242 e. The molecule has 0 aliphatic heterocycles. The zero-order chi connectivity index (χ0) is 18.2. The van der Waals surface area contributed by atoms with Gasteiger partial charge in [-0.2, -0.15) is 0 Å². The molecule has 132 valence electrons. The van der Waals surface area contributed by atoms with Gasteiger partial charge in [0.1, 0.15) is 12.4 Å². The number of halogens is 3. The Morgan fingerprint density at radius 2 is 2.00 bits per heavy atom. The van der Waals surface area contributed by atoms with Gasteiger partial charge in [0.25, 0.3) is 0 Å². The summed E-state index contributed by atoms with van der Waals surface area (Å²) in [5.74, 6) is 0.678. The first kappa shape index (κ1) is 18.2. The molecule has 0 saturated heterocycles. The van der Waals surface area contributed by atoms with Crippen molar-refractivity contribution in [3.05, 3.63) is 50.5 Å². The van der Waals surface area contributed by atoms with Crippen molar-refractivity contribution in [1.82, 2.24) is 14.6 Å². The molecule has 0 aliphatic carbocycles. The minimum atomic E-state index is -3.45. The number of aromatic nitrogens is 3. The Morgan fingerprint density at radius 3 is 2.68 bits per heavy atom. The predicted octanol–water partition coefficient (Wildman–Crippen LogP) is 3.75. The molecular weight excluding hydrogens is 455 g/mol. The predicted molar refractivity (Wildman–Crippen MR) is 99.9 cm³/mol. The van der Waals surface area contributed by atoms with Crippen LogP contribution in [0.2, 0.25) is 10.0 Å². The fourth-order valence-corrected chi connectivity index (χ4v) is 3.22. The number of hydrogen-bond acceptors (Lipinski definition) is 5. The third-order valence-corrected chi connectivity index (χ3v) is 5.14. The molecule has 25 heavy (non-hydrogen) atoms. The van der Waals surface area contributed by atoms with Crippen LogP contribution in [0.3, 0.4) is 0 Å². The van der Waals surface area contributed by atoms with Crippen molar-refractivity contribution in [2.75, 3.05) is 11.0 Å². The second kappa shape index (κ2) is 6.99. The minimum absolute atomic E-state index is 0.107. The van der Waals surface area contributed by atoms with Crippen molar-refractivity contribution in [3.63, 3.8) is 0 Å². The van der Waals surface area contributed by atoms with E-state index in [0.717, 1.165) is 11.8 Å². The molecule has 1 aromatic carbocycles. The normalized spacial score (nSPS) is 11.7. The molecule has 3 rings (SSSR count). The Morgan fingerprint density at radius 1 is 1.24 bits per heavy atom. The Bertz CT molecular complexity index is 1060. The molecule has 2 aromatic heterocycles. The number of pyridine rings is 1. The van der Waals surface area contributed by atoms with Gasteiger partial charge in [-0.1, -0.05) is 23.2 Å². The lowest BCUT2D eigenvalue weighted by Gasteiger charge is -2.10. The average Bonchev–Trinajstić information content (AvgIpc) is 2.88. The van der Waals surface area contributed by atoms with E-state index in [2.05, 4.69) is 30.8 Å². The molecule has 0 unspecified atom stereocenters. The summed E-state index contributed by atoms with van der Waals surface area (Å²) in [7, 11) is -3.45. The molecule has 11 heteroatoms. The number of sulfonamides is 1. The highest BCUT2D eigenvalue weighted by Gasteiger charge is 2.13. The van der Waals surface area contributed by atoms with Gasteiger partial charge in [-0.3, -0.25) is 9.12 Å². The van der Waals surface area contributed by atoms with Crippen molar-refractivity contribution in [2.45, 2.75) is 6.61 Å². The average molecular weight is 466 g/mol. The zero-order valence-corrected chi connectivity index (χ0v) is 16.6. The first-order valence-corrected chi connectivity index (χ1v) is 10.3. The fraction of sp³-hybridized carbons (Fsp3) is 0.143. The van der Waals surface area contributed by atoms with Crippen LogP contribution in [0.4, 0.5) is 5.95 Å². The maximum absolute atomic E-state index is 11.4. The van der Waals surface area contributed by atoms with E-state index in [4.69, 9.17) is 27.9 Å². The number of nitrogens with one attached hydrogen (secondary N) is 1. The third kappa shape index (κ3) is 4.35. The number of anilines is 1. The number of hydrogen-bond donors (Lipinski definition) is 1. The minimum Gasteiger partial charge on any atom is -0.489 e. The smallest absolute Gasteiger partial charge is 0.242 e. The lowest BCUT2D eigenvalue weighted by Crippen LogP contribution is -2.12. The number of nitrogens with zero attached hydrogens (tertiary/aromatic N) is 3. The van der Waals surface area contributed by atoms with Crippen LogP contribution in [-0.4, -0.2) is 29.3 Å². The molecule has 3 aromatic rings. The van der Waals surface area contributed by atoms with Gasteiger partial charge in [0.2, 0.25) is 16.0 Å². The molecule has 2 heterocycles. The van der Waals surface area contributed by atoms with Crippen LogP contribution in [0.15, 0.2) is 34.9 Å². The molecule has 0 radical (unpaired) electrons. The van der Waals surface area contributed by atoms with Crippen molar-refractivity contribution in [3.8, 4) is 5.75 Å². The number of ether oxygens (including phenoxy) is 1. The first-order chi connectivity index (χ1) is 11.7. The summed E-state index contributed by atoms with van der Waals surface area (Å²) in [6, 6.07) is 6.73. The zero-order valence-electron chi connectivity index (χ0n) is 12.7. The summed E-state index contributed by atoms with van der Waals surface area (Å²) in [6.45, 7) is 0.247. The van der Waals surface area contributed by atoms with Gasteiger partial charge in [0.15, 0.2) is 5.65 Å². The van der Waals surface area contributed by atoms with Crippen molar-refractivity contribution >= 4 is 60.8 Å². The summed E-state index contributed by atoms with van der Waals surface area (Å²) in [4.78, 5) is 0. The quantitative estimate of drug-likeness (QED) is 0.620. The number of rotatable bonds is 5. The monoisotopic (exact) mass is 464 g/mol.